The highest BCUT2D eigenvalue weighted by Gasteiger charge is 2.36. The Morgan fingerprint density at radius 3 is 1.08 bits per heavy atom. The van der Waals surface area contributed by atoms with Crippen molar-refractivity contribution in [2.75, 3.05) is 0 Å². The van der Waals surface area contributed by atoms with Crippen molar-refractivity contribution in [1.29, 1.82) is 0 Å². The number of rotatable bonds is 16. The molecule has 0 fully saturated rings. The molecule has 146 valence electrons. The minimum Gasteiger partial charge on any atom is -0.365 e. The van der Waals surface area contributed by atoms with Gasteiger partial charge in [-0.25, -0.2) is 0 Å². The minimum atomic E-state index is -1.52. The Kier molecular flexibility index (Phi) is 14.1. The summed E-state index contributed by atoms with van der Waals surface area (Å²) >= 11 is 0. The van der Waals surface area contributed by atoms with Crippen LogP contribution in [0, 0.1) is 5.41 Å². The van der Waals surface area contributed by atoms with E-state index in [4.69, 9.17) is 0 Å². The average Bonchev–Trinajstić information content (AvgIpc) is 2.50. The van der Waals surface area contributed by atoms with Gasteiger partial charge in [0.15, 0.2) is 5.79 Å². The predicted octanol–water partition coefficient (Wildman–Crippen LogP) is 6.97. The van der Waals surface area contributed by atoms with Gasteiger partial charge in [-0.05, 0) is 6.42 Å². The van der Waals surface area contributed by atoms with Crippen LogP contribution in [0.3, 0.4) is 0 Å². The lowest BCUT2D eigenvalue weighted by Gasteiger charge is -2.35. The molecule has 0 aromatic carbocycles. The third-order valence-electron chi connectivity index (χ3n) is 5.33. The van der Waals surface area contributed by atoms with Crippen LogP contribution in [0.25, 0.3) is 0 Å². The van der Waals surface area contributed by atoms with Gasteiger partial charge in [0.1, 0.15) is 0 Å². The summed E-state index contributed by atoms with van der Waals surface area (Å²) in [5, 5.41) is 20.0. The van der Waals surface area contributed by atoms with E-state index in [9.17, 15) is 10.2 Å². The van der Waals surface area contributed by atoms with Crippen LogP contribution in [0.1, 0.15) is 130 Å². The summed E-state index contributed by atoms with van der Waals surface area (Å²) in [6.07, 6.45) is 20.5. The van der Waals surface area contributed by atoms with Crippen molar-refractivity contribution in [2.24, 2.45) is 5.41 Å². The number of hydrogen-bond donors (Lipinski definition) is 2. The van der Waals surface area contributed by atoms with Crippen molar-refractivity contribution in [2.45, 2.75) is 136 Å². The molecule has 0 radical (unpaired) electrons. The van der Waals surface area contributed by atoms with E-state index in [1.54, 1.807) is 0 Å². The molecule has 0 spiro atoms. The molecule has 0 saturated heterocycles. The molecule has 0 aliphatic heterocycles. The van der Waals surface area contributed by atoms with Crippen molar-refractivity contribution in [3.63, 3.8) is 0 Å². The molecule has 0 heterocycles. The van der Waals surface area contributed by atoms with E-state index in [-0.39, 0.29) is 0 Å². The standard InChI is InChI=1S/C22H46O2/c1-5-6-7-8-9-10-11-12-13-14-15-16-17-18-19-20-22(23,24)21(2,3)4/h23-24H,5-20H2,1-4H3. The normalized spacial score (nSPS) is 12.8. The number of unbranched alkanes of at least 4 members (excludes halogenated alkanes) is 14. The third kappa shape index (κ3) is 13.2. The molecule has 0 atom stereocenters. The first-order chi connectivity index (χ1) is 11.3. The molecule has 2 N–H and O–H groups in total. The maximum absolute atomic E-state index is 10.0. The fraction of sp³-hybridized carbons (Fsp3) is 1.00. The van der Waals surface area contributed by atoms with E-state index in [0.717, 1.165) is 12.8 Å². The summed E-state index contributed by atoms with van der Waals surface area (Å²) in [6.45, 7) is 7.94. The van der Waals surface area contributed by atoms with Crippen molar-refractivity contribution >= 4 is 0 Å². The van der Waals surface area contributed by atoms with Gasteiger partial charge in [-0.3, -0.25) is 0 Å². The van der Waals surface area contributed by atoms with Crippen LogP contribution < -0.4 is 0 Å². The zero-order chi connectivity index (χ0) is 18.3. The maximum Gasteiger partial charge on any atom is 0.167 e. The van der Waals surface area contributed by atoms with Gasteiger partial charge in [-0.1, -0.05) is 118 Å². The SMILES string of the molecule is CCCCCCCCCCCCCCCCCC(O)(O)C(C)(C)C. The van der Waals surface area contributed by atoms with Crippen molar-refractivity contribution in [3.8, 4) is 0 Å². The van der Waals surface area contributed by atoms with Crippen molar-refractivity contribution in [3.05, 3.63) is 0 Å². The van der Waals surface area contributed by atoms with E-state index in [2.05, 4.69) is 6.92 Å². The summed E-state index contributed by atoms with van der Waals surface area (Å²) in [7, 11) is 0. The fourth-order valence-corrected chi connectivity index (χ4v) is 3.12. The van der Waals surface area contributed by atoms with Crippen molar-refractivity contribution in [1.82, 2.24) is 0 Å². The monoisotopic (exact) mass is 342 g/mol. The first kappa shape index (κ1) is 23.9. The first-order valence-corrected chi connectivity index (χ1v) is 10.8. The Labute approximate surface area is 152 Å². The zero-order valence-corrected chi connectivity index (χ0v) is 17.2. The quantitative estimate of drug-likeness (QED) is 0.235. The molecule has 0 aliphatic rings. The minimum absolute atomic E-state index is 0.455. The molecule has 0 aromatic rings. The molecule has 2 heteroatoms. The van der Waals surface area contributed by atoms with Crippen LogP contribution in [0.5, 0.6) is 0 Å². The molecule has 0 amide bonds. The van der Waals surface area contributed by atoms with Crippen molar-refractivity contribution < 1.29 is 10.2 Å². The molecule has 0 aromatic heterocycles. The molecule has 2 nitrogen and oxygen atoms in total. The average molecular weight is 343 g/mol. The lowest BCUT2D eigenvalue weighted by molar-refractivity contribution is -0.232. The molecule has 24 heavy (non-hydrogen) atoms. The molecule has 0 bridgehead atoms. The lowest BCUT2D eigenvalue weighted by Crippen LogP contribution is -2.42. The second-order valence-corrected chi connectivity index (χ2v) is 8.77. The topological polar surface area (TPSA) is 40.5 Å². The molecule has 0 aliphatic carbocycles. The van der Waals surface area contributed by atoms with Gasteiger partial charge >= 0.3 is 0 Å². The van der Waals surface area contributed by atoms with E-state index >= 15 is 0 Å². The van der Waals surface area contributed by atoms with Crippen LogP contribution in [0.4, 0.5) is 0 Å². The van der Waals surface area contributed by atoms with E-state index in [1.165, 1.54) is 83.5 Å². The summed E-state index contributed by atoms with van der Waals surface area (Å²) < 4.78 is 0. The fourth-order valence-electron chi connectivity index (χ4n) is 3.12. The molecule has 0 unspecified atom stereocenters. The van der Waals surface area contributed by atoms with Crippen LogP contribution in [-0.2, 0) is 0 Å². The van der Waals surface area contributed by atoms with Gasteiger partial charge in [0.25, 0.3) is 0 Å². The van der Waals surface area contributed by atoms with Gasteiger partial charge < -0.3 is 10.2 Å². The Morgan fingerprint density at radius 1 is 0.500 bits per heavy atom. The summed E-state index contributed by atoms with van der Waals surface area (Å²) in [5.41, 5.74) is -0.455. The van der Waals surface area contributed by atoms with Crippen LogP contribution in [0.2, 0.25) is 0 Å². The lowest BCUT2D eigenvalue weighted by atomic mass is 9.82. The molecule has 0 rings (SSSR count). The molecular formula is C22H46O2. The highest BCUT2D eigenvalue weighted by molar-refractivity contribution is 4.79. The summed E-state index contributed by atoms with van der Waals surface area (Å²) in [5.74, 6) is -1.52. The Balaban J connectivity index is 3.24. The van der Waals surface area contributed by atoms with E-state index in [1.807, 2.05) is 20.8 Å². The van der Waals surface area contributed by atoms with E-state index < -0.39 is 11.2 Å². The smallest absolute Gasteiger partial charge is 0.167 e. The Bertz CT molecular complexity index is 266. The van der Waals surface area contributed by atoms with Crippen LogP contribution >= 0.6 is 0 Å². The Morgan fingerprint density at radius 2 is 0.792 bits per heavy atom. The molecule has 0 saturated carbocycles. The van der Waals surface area contributed by atoms with Crippen LogP contribution in [-0.4, -0.2) is 16.0 Å². The third-order valence-corrected chi connectivity index (χ3v) is 5.33. The van der Waals surface area contributed by atoms with Gasteiger partial charge in [-0.2, -0.15) is 0 Å². The van der Waals surface area contributed by atoms with Gasteiger partial charge in [0.05, 0.1) is 0 Å². The predicted molar refractivity (Wildman–Crippen MR) is 106 cm³/mol. The highest BCUT2D eigenvalue weighted by atomic mass is 16.5. The number of hydrogen-bond acceptors (Lipinski definition) is 2. The maximum atomic E-state index is 10.0. The van der Waals surface area contributed by atoms with Gasteiger partial charge in [0, 0.05) is 11.8 Å². The van der Waals surface area contributed by atoms with Gasteiger partial charge in [0.2, 0.25) is 0 Å². The Hall–Kier alpha value is -0.0800. The zero-order valence-electron chi connectivity index (χ0n) is 17.2. The van der Waals surface area contributed by atoms with Gasteiger partial charge in [-0.15, -0.1) is 0 Å². The second-order valence-electron chi connectivity index (χ2n) is 8.77. The highest BCUT2D eigenvalue weighted by Crippen LogP contribution is 2.32. The number of aliphatic hydroxyl groups is 2. The largest absolute Gasteiger partial charge is 0.365 e. The molecular weight excluding hydrogens is 296 g/mol. The summed E-state index contributed by atoms with van der Waals surface area (Å²) in [4.78, 5) is 0. The van der Waals surface area contributed by atoms with Crippen LogP contribution in [0.15, 0.2) is 0 Å². The summed E-state index contributed by atoms with van der Waals surface area (Å²) in [6, 6.07) is 0. The first-order valence-electron chi connectivity index (χ1n) is 10.8. The van der Waals surface area contributed by atoms with E-state index in [0.29, 0.717) is 6.42 Å². The second kappa shape index (κ2) is 14.1.